The number of hydrogen-bond acceptors (Lipinski definition) is 4. The van der Waals surface area contributed by atoms with Gasteiger partial charge in [0.05, 0.1) is 5.60 Å². The molecule has 6 heteroatoms. The maximum absolute atomic E-state index is 12.3. The molecule has 2 N–H and O–H groups in total. The zero-order valence-corrected chi connectivity index (χ0v) is 17.7. The van der Waals surface area contributed by atoms with Crippen LogP contribution in [0.2, 0.25) is 0 Å². The van der Waals surface area contributed by atoms with Gasteiger partial charge in [0, 0.05) is 12.5 Å². The number of carboxylic acid groups (broad SMARTS) is 1. The van der Waals surface area contributed by atoms with Gasteiger partial charge in [0.25, 0.3) is 0 Å². The number of nitrogens with one attached hydrogen (secondary N) is 1. The molecule has 1 aliphatic carbocycles. The molecule has 1 atom stereocenters. The summed E-state index contributed by atoms with van der Waals surface area (Å²) in [7, 11) is 0. The van der Waals surface area contributed by atoms with Crippen molar-refractivity contribution in [1.82, 2.24) is 5.32 Å². The van der Waals surface area contributed by atoms with Gasteiger partial charge >= 0.3 is 12.1 Å². The van der Waals surface area contributed by atoms with Crippen molar-refractivity contribution in [2.24, 2.45) is 0 Å². The molecule has 0 saturated carbocycles. The van der Waals surface area contributed by atoms with Gasteiger partial charge in [0.1, 0.15) is 12.6 Å². The minimum Gasteiger partial charge on any atom is -0.480 e. The maximum atomic E-state index is 12.3. The Morgan fingerprint density at radius 2 is 1.60 bits per heavy atom. The minimum atomic E-state index is -1.08. The number of carboxylic acids is 1. The Balaban J connectivity index is 1.56. The second-order valence-electron chi connectivity index (χ2n) is 8.46. The summed E-state index contributed by atoms with van der Waals surface area (Å²) in [5.41, 5.74) is 4.23. The van der Waals surface area contributed by atoms with E-state index in [4.69, 9.17) is 9.47 Å². The number of alkyl carbamates (subject to hydrolysis) is 1. The molecule has 0 radical (unpaired) electrons. The van der Waals surface area contributed by atoms with Crippen LogP contribution in [0.1, 0.15) is 50.7 Å². The van der Waals surface area contributed by atoms with Crippen LogP contribution in [0.4, 0.5) is 4.79 Å². The largest absolute Gasteiger partial charge is 0.480 e. The third-order valence-corrected chi connectivity index (χ3v) is 5.11. The third kappa shape index (κ3) is 5.39. The molecule has 0 fully saturated rings. The first-order valence-corrected chi connectivity index (χ1v) is 10.2. The summed E-state index contributed by atoms with van der Waals surface area (Å²) >= 11 is 0. The van der Waals surface area contributed by atoms with E-state index in [-0.39, 0.29) is 24.5 Å². The Morgan fingerprint density at radius 1 is 1.03 bits per heavy atom. The van der Waals surface area contributed by atoms with Crippen molar-refractivity contribution < 1.29 is 24.2 Å². The van der Waals surface area contributed by atoms with Crippen LogP contribution < -0.4 is 5.32 Å². The van der Waals surface area contributed by atoms with Crippen LogP contribution in [0.3, 0.4) is 0 Å². The summed E-state index contributed by atoms with van der Waals surface area (Å²) in [6.45, 7) is 6.41. The van der Waals surface area contributed by atoms with Crippen LogP contribution in [0, 0.1) is 0 Å². The number of aliphatic carboxylic acids is 1. The zero-order chi connectivity index (χ0) is 21.7. The zero-order valence-electron chi connectivity index (χ0n) is 17.7. The Labute approximate surface area is 177 Å². The summed E-state index contributed by atoms with van der Waals surface area (Å²) in [4.78, 5) is 23.8. The molecule has 1 unspecified atom stereocenters. The summed E-state index contributed by atoms with van der Waals surface area (Å²) in [5, 5.41) is 11.9. The van der Waals surface area contributed by atoms with E-state index >= 15 is 0 Å². The normalized spacial score (nSPS) is 14.0. The van der Waals surface area contributed by atoms with Gasteiger partial charge in [-0.05, 0) is 55.9 Å². The van der Waals surface area contributed by atoms with Crippen molar-refractivity contribution in [2.45, 2.75) is 51.2 Å². The van der Waals surface area contributed by atoms with Crippen molar-refractivity contribution in [3.05, 3.63) is 59.7 Å². The molecule has 0 bridgehead atoms. The molecule has 160 valence electrons. The lowest BCUT2D eigenvalue weighted by Crippen LogP contribution is -2.41. The number of amides is 1. The van der Waals surface area contributed by atoms with Crippen molar-refractivity contribution in [1.29, 1.82) is 0 Å². The molecule has 3 rings (SSSR count). The van der Waals surface area contributed by atoms with Crippen LogP contribution in [0.5, 0.6) is 0 Å². The van der Waals surface area contributed by atoms with Gasteiger partial charge in [-0.3, -0.25) is 0 Å². The fourth-order valence-corrected chi connectivity index (χ4v) is 3.71. The second-order valence-corrected chi connectivity index (χ2v) is 8.46. The van der Waals surface area contributed by atoms with E-state index in [1.165, 1.54) is 0 Å². The van der Waals surface area contributed by atoms with E-state index in [1.807, 2.05) is 57.2 Å². The number of carbonyl (C=O) groups excluding carboxylic acids is 1. The van der Waals surface area contributed by atoms with Gasteiger partial charge in [-0.15, -0.1) is 0 Å². The van der Waals surface area contributed by atoms with Crippen LogP contribution in [0.15, 0.2) is 48.5 Å². The van der Waals surface area contributed by atoms with Crippen LogP contribution >= 0.6 is 0 Å². The Morgan fingerprint density at radius 3 is 2.13 bits per heavy atom. The van der Waals surface area contributed by atoms with E-state index in [9.17, 15) is 14.7 Å². The summed E-state index contributed by atoms with van der Waals surface area (Å²) in [6.07, 6.45) is 0.0778. The van der Waals surface area contributed by atoms with E-state index in [1.54, 1.807) is 0 Å². The third-order valence-electron chi connectivity index (χ3n) is 5.11. The van der Waals surface area contributed by atoms with E-state index in [0.717, 1.165) is 22.3 Å². The van der Waals surface area contributed by atoms with Gasteiger partial charge in [-0.2, -0.15) is 0 Å². The molecule has 0 aliphatic heterocycles. The van der Waals surface area contributed by atoms with Gasteiger partial charge in [0.15, 0.2) is 0 Å². The van der Waals surface area contributed by atoms with Gasteiger partial charge in [0.2, 0.25) is 0 Å². The van der Waals surface area contributed by atoms with Crippen LogP contribution in [-0.2, 0) is 14.3 Å². The smallest absolute Gasteiger partial charge is 0.407 e. The molecule has 0 spiro atoms. The number of fused-ring (bicyclic) bond motifs is 3. The van der Waals surface area contributed by atoms with E-state index in [0.29, 0.717) is 13.0 Å². The number of carbonyl (C=O) groups is 2. The first-order valence-electron chi connectivity index (χ1n) is 10.2. The summed E-state index contributed by atoms with van der Waals surface area (Å²) < 4.78 is 11.0. The van der Waals surface area contributed by atoms with Crippen LogP contribution in [0.25, 0.3) is 11.1 Å². The highest BCUT2D eigenvalue weighted by Crippen LogP contribution is 2.44. The average Bonchev–Trinajstić information content (AvgIpc) is 3.01. The molecular weight excluding hydrogens is 382 g/mol. The summed E-state index contributed by atoms with van der Waals surface area (Å²) in [6, 6.07) is 15.1. The molecule has 2 aromatic carbocycles. The molecule has 0 aromatic heterocycles. The molecule has 2 aromatic rings. The Bertz CT molecular complexity index is 857. The topological polar surface area (TPSA) is 84.9 Å². The van der Waals surface area contributed by atoms with E-state index in [2.05, 4.69) is 17.4 Å². The molecular formula is C24H29NO5. The molecule has 1 amide bonds. The lowest BCUT2D eigenvalue weighted by molar-refractivity contribution is -0.139. The molecule has 30 heavy (non-hydrogen) atoms. The van der Waals surface area contributed by atoms with Crippen molar-refractivity contribution in [3.8, 4) is 11.1 Å². The number of benzene rings is 2. The lowest BCUT2D eigenvalue weighted by atomic mass is 9.98. The first-order chi connectivity index (χ1) is 14.3. The van der Waals surface area contributed by atoms with Gasteiger partial charge in [-0.25, -0.2) is 9.59 Å². The molecule has 1 aliphatic rings. The quantitative estimate of drug-likeness (QED) is 0.622. The highest BCUT2D eigenvalue weighted by atomic mass is 16.5. The predicted octanol–water partition coefficient (Wildman–Crippen LogP) is 4.57. The fraction of sp³-hybridized carbons (Fsp3) is 0.417. The standard InChI is InChI=1S/C24H29NO5/c1-24(2,3)30-14-8-13-21(22(26)27)25-23(28)29-15-20-18-11-6-4-9-16(18)17-10-5-7-12-19(17)20/h4-7,9-12,20-21H,8,13-15H2,1-3H3,(H,25,28)(H,26,27). The number of rotatable bonds is 8. The molecule has 0 saturated heterocycles. The fourth-order valence-electron chi connectivity index (χ4n) is 3.71. The lowest BCUT2D eigenvalue weighted by Gasteiger charge is -2.20. The predicted molar refractivity (Wildman–Crippen MR) is 115 cm³/mol. The van der Waals surface area contributed by atoms with Crippen molar-refractivity contribution >= 4 is 12.1 Å². The van der Waals surface area contributed by atoms with Gasteiger partial charge in [-0.1, -0.05) is 48.5 Å². The Kier molecular flexibility index (Phi) is 6.77. The number of hydrogen-bond donors (Lipinski definition) is 2. The molecule has 0 heterocycles. The van der Waals surface area contributed by atoms with Crippen molar-refractivity contribution in [2.75, 3.05) is 13.2 Å². The highest BCUT2D eigenvalue weighted by molar-refractivity contribution is 5.81. The minimum absolute atomic E-state index is 0.0633. The first kappa shape index (κ1) is 21.8. The van der Waals surface area contributed by atoms with Crippen molar-refractivity contribution in [3.63, 3.8) is 0 Å². The van der Waals surface area contributed by atoms with Crippen LogP contribution in [-0.4, -0.2) is 42.0 Å². The van der Waals surface area contributed by atoms with Gasteiger partial charge < -0.3 is 19.9 Å². The molecule has 6 nitrogen and oxygen atoms in total. The highest BCUT2D eigenvalue weighted by Gasteiger charge is 2.29. The monoisotopic (exact) mass is 411 g/mol. The average molecular weight is 411 g/mol. The second kappa shape index (κ2) is 9.30. The maximum Gasteiger partial charge on any atom is 0.407 e. The SMILES string of the molecule is CC(C)(C)OCCCC(NC(=O)OCC1c2ccccc2-c2ccccc21)C(=O)O. The Hall–Kier alpha value is -2.86. The summed E-state index contributed by atoms with van der Waals surface area (Å²) in [5.74, 6) is -1.15. The van der Waals surface area contributed by atoms with E-state index < -0.39 is 18.1 Å². The number of ether oxygens (including phenoxy) is 2.